The molecular weight excluding hydrogens is 465 g/mol. The normalized spacial score (nSPS) is 12.4. The Morgan fingerprint density at radius 3 is 2.39 bits per heavy atom. The van der Waals surface area contributed by atoms with Gasteiger partial charge in [-0.1, -0.05) is 15.9 Å². The number of carbonyl (C=O) groups is 1. The van der Waals surface area contributed by atoms with Gasteiger partial charge in [-0.25, -0.2) is 13.4 Å². The minimum Gasteiger partial charge on any atom is -0.337 e. The van der Waals surface area contributed by atoms with Gasteiger partial charge in [0.15, 0.2) is 0 Å². The van der Waals surface area contributed by atoms with E-state index >= 15 is 0 Å². The van der Waals surface area contributed by atoms with E-state index in [1.807, 2.05) is 0 Å². The van der Waals surface area contributed by atoms with E-state index in [2.05, 4.69) is 20.9 Å². The van der Waals surface area contributed by atoms with Crippen LogP contribution in [0.4, 0.5) is 13.2 Å². The van der Waals surface area contributed by atoms with Crippen LogP contribution < -0.4 is 0 Å². The smallest absolute Gasteiger partial charge is 0.337 e. The van der Waals surface area contributed by atoms with Crippen molar-refractivity contribution in [3.05, 3.63) is 47.0 Å². The molecule has 1 aromatic heterocycles. The van der Waals surface area contributed by atoms with E-state index in [1.165, 1.54) is 38.6 Å². The zero-order valence-electron chi connectivity index (χ0n) is 15.0. The minimum atomic E-state index is -4.42. The fraction of sp³-hybridized carbons (Fsp3) is 0.375. The molecule has 7 nitrogen and oxygen atoms in total. The molecule has 1 aromatic carbocycles. The molecule has 1 heterocycles. The first kappa shape index (κ1) is 22.4. The first-order chi connectivity index (χ1) is 12.9. The van der Waals surface area contributed by atoms with Crippen LogP contribution in [-0.4, -0.2) is 59.9 Å². The summed E-state index contributed by atoms with van der Waals surface area (Å²) >= 11 is 3.21. The number of aromatic nitrogens is 2. The molecular formula is C16H18BrF3N4O3S. The Kier molecular flexibility index (Phi) is 6.88. The van der Waals surface area contributed by atoms with Crippen molar-refractivity contribution in [2.45, 2.75) is 24.2 Å². The predicted molar refractivity (Wildman–Crippen MR) is 98.7 cm³/mol. The van der Waals surface area contributed by atoms with Gasteiger partial charge in [0.05, 0.1) is 18.0 Å². The van der Waals surface area contributed by atoms with Crippen molar-refractivity contribution in [1.29, 1.82) is 0 Å². The summed E-state index contributed by atoms with van der Waals surface area (Å²) in [5.41, 5.74) is 0. The number of alkyl halides is 3. The van der Waals surface area contributed by atoms with Crippen molar-refractivity contribution in [1.82, 2.24) is 18.8 Å². The van der Waals surface area contributed by atoms with Gasteiger partial charge >= 0.3 is 6.18 Å². The number of imidazole rings is 1. The Bertz CT molecular complexity index is 929. The van der Waals surface area contributed by atoms with E-state index in [0.29, 0.717) is 4.47 Å². The van der Waals surface area contributed by atoms with Crippen LogP contribution in [-0.2, 0) is 27.9 Å². The van der Waals surface area contributed by atoms with Crippen LogP contribution in [0.1, 0.15) is 5.82 Å². The highest BCUT2D eigenvalue weighted by Crippen LogP contribution is 2.19. The number of nitrogens with zero attached hydrogens (tertiary/aromatic N) is 4. The molecule has 0 unspecified atom stereocenters. The zero-order valence-corrected chi connectivity index (χ0v) is 17.4. The molecule has 12 heteroatoms. The van der Waals surface area contributed by atoms with Crippen molar-refractivity contribution in [3.63, 3.8) is 0 Å². The summed E-state index contributed by atoms with van der Waals surface area (Å²) in [5.74, 6) is -0.531. The molecule has 2 aromatic rings. The van der Waals surface area contributed by atoms with E-state index in [-0.39, 0.29) is 17.3 Å². The van der Waals surface area contributed by atoms with Gasteiger partial charge in [-0.2, -0.15) is 17.5 Å². The lowest BCUT2D eigenvalue weighted by Gasteiger charge is -2.22. The lowest BCUT2D eigenvalue weighted by molar-refractivity contribution is -0.141. The molecule has 1 amide bonds. The summed E-state index contributed by atoms with van der Waals surface area (Å²) in [6.45, 7) is -1.87. The van der Waals surface area contributed by atoms with Crippen LogP contribution in [0.2, 0.25) is 0 Å². The van der Waals surface area contributed by atoms with E-state index in [1.54, 1.807) is 12.1 Å². The Morgan fingerprint density at radius 2 is 1.82 bits per heavy atom. The van der Waals surface area contributed by atoms with E-state index in [4.69, 9.17) is 0 Å². The highest BCUT2D eigenvalue weighted by Gasteiger charge is 2.29. The number of halogens is 4. The van der Waals surface area contributed by atoms with Crippen molar-refractivity contribution in [2.24, 2.45) is 0 Å². The molecule has 2 rings (SSSR count). The van der Waals surface area contributed by atoms with Gasteiger partial charge in [0.2, 0.25) is 15.9 Å². The third-order valence-corrected chi connectivity index (χ3v) is 6.18. The molecule has 28 heavy (non-hydrogen) atoms. The van der Waals surface area contributed by atoms with Crippen molar-refractivity contribution in [3.8, 4) is 0 Å². The van der Waals surface area contributed by atoms with Gasteiger partial charge in [-0.15, -0.1) is 0 Å². The fourth-order valence-corrected chi connectivity index (χ4v) is 3.70. The molecule has 0 aliphatic rings. The molecule has 0 aliphatic carbocycles. The number of amides is 1. The van der Waals surface area contributed by atoms with Gasteiger partial charge in [0.25, 0.3) is 0 Å². The van der Waals surface area contributed by atoms with E-state index in [9.17, 15) is 26.4 Å². The van der Waals surface area contributed by atoms with Gasteiger partial charge in [-0.05, 0) is 24.3 Å². The quantitative estimate of drug-likeness (QED) is 0.607. The Balaban J connectivity index is 2.04. The first-order valence-corrected chi connectivity index (χ1v) is 10.2. The SMILES string of the molecule is CN(Cc1nccn1CC(F)(F)F)C(=O)CN(C)S(=O)(=O)c1ccc(Br)cc1. The summed E-state index contributed by atoms with van der Waals surface area (Å²) < 4.78 is 65.3. The molecule has 0 aliphatic heterocycles. The Labute approximate surface area is 168 Å². The molecule has 0 saturated carbocycles. The molecule has 0 saturated heterocycles. The second kappa shape index (κ2) is 8.62. The third-order valence-electron chi connectivity index (χ3n) is 3.84. The Morgan fingerprint density at radius 1 is 1.21 bits per heavy atom. The maximum absolute atomic E-state index is 12.6. The number of hydrogen-bond donors (Lipinski definition) is 0. The largest absolute Gasteiger partial charge is 0.406 e. The predicted octanol–water partition coefficient (Wildman–Crippen LogP) is 2.49. The van der Waals surface area contributed by atoms with Crippen molar-refractivity contribution in [2.75, 3.05) is 20.6 Å². The van der Waals surface area contributed by atoms with Crippen LogP contribution in [0, 0.1) is 0 Å². The van der Waals surface area contributed by atoms with Crippen LogP contribution in [0.25, 0.3) is 0 Å². The lowest BCUT2D eigenvalue weighted by atomic mass is 10.4. The van der Waals surface area contributed by atoms with Gasteiger partial charge in [0.1, 0.15) is 12.4 Å². The van der Waals surface area contributed by atoms with E-state index in [0.717, 1.165) is 13.8 Å². The second-order valence-corrected chi connectivity index (χ2v) is 9.01. The number of rotatable bonds is 7. The minimum absolute atomic E-state index is 0.0226. The number of hydrogen-bond acceptors (Lipinski definition) is 4. The van der Waals surface area contributed by atoms with Gasteiger partial charge in [0, 0.05) is 31.0 Å². The number of likely N-dealkylation sites (N-methyl/N-ethyl adjacent to an activating group) is 2. The van der Waals surface area contributed by atoms with Crippen molar-refractivity contribution >= 4 is 31.9 Å². The lowest BCUT2D eigenvalue weighted by Crippen LogP contribution is -2.39. The molecule has 0 N–H and O–H groups in total. The van der Waals surface area contributed by atoms with Crippen LogP contribution in [0.3, 0.4) is 0 Å². The van der Waals surface area contributed by atoms with Gasteiger partial charge in [-0.3, -0.25) is 4.79 Å². The van der Waals surface area contributed by atoms with Crippen LogP contribution >= 0.6 is 15.9 Å². The molecule has 0 fully saturated rings. The highest BCUT2D eigenvalue weighted by atomic mass is 79.9. The second-order valence-electron chi connectivity index (χ2n) is 6.05. The first-order valence-electron chi connectivity index (χ1n) is 7.93. The Hall–Kier alpha value is -1.92. The average Bonchev–Trinajstić information content (AvgIpc) is 2.99. The zero-order chi connectivity index (χ0) is 21.1. The maximum Gasteiger partial charge on any atom is 0.406 e. The topological polar surface area (TPSA) is 75.5 Å². The maximum atomic E-state index is 12.6. The third kappa shape index (κ3) is 5.79. The molecule has 0 spiro atoms. The highest BCUT2D eigenvalue weighted by molar-refractivity contribution is 9.10. The fourth-order valence-electron chi connectivity index (χ4n) is 2.31. The van der Waals surface area contributed by atoms with Crippen LogP contribution in [0.15, 0.2) is 46.0 Å². The monoisotopic (exact) mass is 482 g/mol. The molecule has 154 valence electrons. The summed E-state index contributed by atoms with van der Waals surface area (Å²) in [5, 5.41) is 0. The number of benzene rings is 1. The number of sulfonamides is 1. The van der Waals surface area contributed by atoms with Crippen LogP contribution in [0.5, 0.6) is 0 Å². The molecule has 0 bridgehead atoms. The molecule has 0 radical (unpaired) electrons. The average molecular weight is 483 g/mol. The number of carbonyl (C=O) groups excluding carboxylic acids is 1. The van der Waals surface area contributed by atoms with Gasteiger partial charge < -0.3 is 9.47 Å². The van der Waals surface area contributed by atoms with E-state index < -0.39 is 35.2 Å². The van der Waals surface area contributed by atoms with Crippen molar-refractivity contribution < 1.29 is 26.4 Å². The summed E-state index contributed by atoms with van der Waals surface area (Å²) in [4.78, 5) is 17.4. The standard InChI is InChI=1S/C16H18BrF3N4O3S/c1-22(9-14-21-7-8-24(14)11-16(18,19)20)15(25)10-23(2)28(26,27)13-5-3-12(17)4-6-13/h3-8H,9-11H2,1-2H3. The summed E-state index contributed by atoms with van der Waals surface area (Å²) in [7, 11) is -1.26. The summed E-state index contributed by atoms with van der Waals surface area (Å²) in [6, 6.07) is 5.93. The molecule has 0 atom stereocenters. The summed E-state index contributed by atoms with van der Waals surface area (Å²) in [6.07, 6.45) is -2.04.